The van der Waals surface area contributed by atoms with Crippen LogP contribution < -0.4 is 5.73 Å². The van der Waals surface area contributed by atoms with E-state index in [1.165, 1.54) is 0 Å². The van der Waals surface area contributed by atoms with Crippen molar-refractivity contribution in [1.82, 2.24) is 4.98 Å². The number of carbonyl (C=O) groups is 1. The molecular formula is C12H12N2O. The molecule has 0 radical (unpaired) electrons. The molecule has 0 saturated heterocycles. The van der Waals surface area contributed by atoms with E-state index in [9.17, 15) is 4.79 Å². The Bertz CT molecular complexity index is 547. The first kappa shape index (κ1) is 9.65. The molecule has 0 bridgehead atoms. The zero-order valence-electron chi connectivity index (χ0n) is 8.74. The quantitative estimate of drug-likeness (QED) is 0.764. The average molecular weight is 200 g/mol. The van der Waals surface area contributed by atoms with E-state index in [4.69, 9.17) is 5.73 Å². The van der Waals surface area contributed by atoms with E-state index in [0.717, 1.165) is 22.0 Å². The molecule has 2 rings (SSSR count). The lowest BCUT2D eigenvalue weighted by atomic mass is 10.0. The van der Waals surface area contributed by atoms with Crippen molar-refractivity contribution in [1.29, 1.82) is 0 Å². The lowest BCUT2D eigenvalue weighted by Gasteiger charge is -2.08. The monoisotopic (exact) mass is 200 g/mol. The molecule has 0 unspecified atom stereocenters. The molecule has 1 aromatic carbocycles. The summed E-state index contributed by atoms with van der Waals surface area (Å²) in [5, 5.41) is 2.11. The van der Waals surface area contributed by atoms with Crippen molar-refractivity contribution < 1.29 is 4.79 Å². The van der Waals surface area contributed by atoms with E-state index in [1.807, 2.05) is 38.1 Å². The fraction of sp³-hybridized carbons (Fsp3) is 0.167. The van der Waals surface area contributed by atoms with E-state index in [-0.39, 0.29) is 0 Å². The highest BCUT2D eigenvalue weighted by atomic mass is 16.1. The van der Waals surface area contributed by atoms with Crippen LogP contribution in [0.3, 0.4) is 0 Å². The minimum Gasteiger partial charge on any atom is -0.364 e. The number of fused-ring (bicyclic) bond motifs is 1. The summed E-state index contributed by atoms with van der Waals surface area (Å²) in [4.78, 5) is 15.4. The van der Waals surface area contributed by atoms with Gasteiger partial charge in [-0.3, -0.25) is 4.79 Å². The van der Waals surface area contributed by atoms with E-state index in [0.29, 0.717) is 5.69 Å². The molecule has 1 amide bonds. The third-order valence-corrected chi connectivity index (χ3v) is 2.59. The second kappa shape index (κ2) is 3.35. The van der Waals surface area contributed by atoms with Crippen LogP contribution in [0.2, 0.25) is 0 Å². The van der Waals surface area contributed by atoms with Crippen molar-refractivity contribution in [3.05, 3.63) is 41.2 Å². The van der Waals surface area contributed by atoms with Gasteiger partial charge < -0.3 is 5.73 Å². The van der Waals surface area contributed by atoms with Gasteiger partial charge in [-0.1, -0.05) is 24.3 Å². The SMILES string of the molecule is Cc1nc(C(N)=O)c(C)c2ccccc12. The van der Waals surface area contributed by atoms with Crippen molar-refractivity contribution in [2.75, 3.05) is 0 Å². The molecule has 15 heavy (non-hydrogen) atoms. The maximum absolute atomic E-state index is 11.2. The van der Waals surface area contributed by atoms with Crippen LogP contribution in [0.4, 0.5) is 0 Å². The van der Waals surface area contributed by atoms with Crippen LogP contribution in [0, 0.1) is 13.8 Å². The first-order chi connectivity index (χ1) is 7.11. The Morgan fingerprint density at radius 3 is 2.40 bits per heavy atom. The standard InChI is InChI=1S/C12H12N2O/c1-7-9-5-3-4-6-10(9)8(2)14-11(7)12(13)15/h3-6H,1-2H3,(H2,13,15). The number of benzene rings is 1. The first-order valence-corrected chi connectivity index (χ1v) is 4.77. The van der Waals surface area contributed by atoms with Gasteiger partial charge in [0.05, 0.1) is 0 Å². The molecule has 3 nitrogen and oxygen atoms in total. The molecule has 1 heterocycles. The largest absolute Gasteiger partial charge is 0.364 e. The van der Waals surface area contributed by atoms with Crippen molar-refractivity contribution in [3.8, 4) is 0 Å². The number of hydrogen-bond acceptors (Lipinski definition) is 2. The van der Waals surface area contributed by atoms with Crippen LogP contribution in [0.25, 0.3) is 10.8 Å². The molecule has 2 N–H and O–H groups in total. The average Bonchev–Trinajstić information content (AvgIpc) is 2.23. The van der Waals surface area contributed by atoms with Crippen molar-refractivity contribution in [2.45, 2.75) is 13.8 Å². The number of carbonyl (C=O) groups excluding carboxylic acids is 1. The highest BCUT2D eigenvalue weighted by molar-refractivity contribution is 5.99. The fourth-order valence-corrected chi connectivity index (χ4v) is 1.80. The van der Waals surface area contributed by atoms with Crippen molar-refractivity contribution in [2.24, 2.45) is 5.73 Å². The number of nitrogens with two attached hydrogens (primary N) is 1. The van der Waals surface area contributed by atoms with E-state index in [1.54, 1.807) is 0 Å². The minimum absolute atomic E-state index is 0.367. The minimum atomic E-state index is -0.471. The number of pyridine rings is 1. The Balaban J connectivity index is 2.90. The molecule has 0 atom stereocenters. The van der Waals surface area contributed by atoms with Crippen LogP contribution in [-0.2, 0) is 0 Å². The summed E-state index contributed by atoms with van der Waals surface area (Å²) in [5.74, 6) is -0.471. The summed E-state index contributed by atoms with van der Waals surface area (Å²) in [7, 11) is 0. The van der Waals surface area contributed by atoms with Gasteiger partial charge in [-0.05, 0) is 24.8 Å². The van der Waals surface area contributed by atoms with Gasteiger partial charge in [0.1, 0.15) is 5.69 Å². The number of aryl methyl sites for hydroxylation is 2. The van der Waals surface area contributed by atoms with Crippen molar-refractivity contribution in [3.63, 3.8) is 0 Å². The van der Waals surface area contributed by atoms with Gasteiger partial charge in [0.2, 0.25) is 0 Å². The number of aromatic nitrogens is 1. The third kappa shape index (κ3) is 1.46. The fourth-order valence-electron chi connectivity index (χ4n) is 1.80. The highest BCUT2D eigenvalue weighted by Crippen LogP contribution is 2.22. The Labute approximate surface area is 87.9 Å². The van der Waals surface area contributed by atoms with E-state index in [2.05, 4.69) is 4.98 Å². The van der Waals surface area contributed by atoms with Crippen LogP contribution in [0.5, 0.6) is 0 Å². The van der Waals surface area contributed by atoms with E-state index < -0.39 is 5.91 Å². The zero-order chi connectivity index (χ0) is 11.0. The second-order valence-electron chi connectivity index (χ2n) is 3.58. The molecule has 0 aliphatic carbocycles. The number of primary amides is 1. The predicted octanol–water partition coefficient (Wildman–Crippen LogP) is 1.95. The summed E-state index contributed by atoms with van der Waals surface area (Å²) in [6, 6.07) is 7.88. The Kier molecular flexibility index (Phi) is 2.15. The van der Waals surface area contributed by atoms with E-state index >= 15 is 0 Å². The Hall–Kier alpha value is -1.90. The lowest BCUT2D eigenvalue weighted by molar-refractivity contribution is 0.0995. The molecule has 0 saturated carbocycles. The first-order valence-electron chi connectivity index (χ1n) is 4.77. The van der Waals surface area contributed by atoms with Crippen molar-refractivity contribution >= 4 is 16.7 Å². The topological polar surface area (TPSA) is 56.0 Å². The number of amides is 1. The third-order valence-electron chi connectivity index (χ3n) is 2.59. The van der Waals surface area contributed by atoms with Gasteiger partial charge in [0, 0.05) is 11.1 Å². The molecule has 76 valence electrons. The molecule has 0 aliphatic rings. The summed E-state index contributed by atoms with van der Waals surface area (Å²) < 4.78 is 0. The van der Waals surface area contributed by atoms with Gasteiger partial charge in [-0.15, -0.1) is 0 Å². The van der Waals surface area contributed by atoms with Gasteiger partial charge in [0.25, 0.3) is 5.91 Å². The summed E-state index contributed by atoms with van der Waals surface area (Å²) in [6.45, 7) is 3.75. The molecule has 1 aromatic heterocycles. The second-order valence-corrected chi connectivity index (χ2v) is 3.58. The smallest absolute Gasteiger partial charge is 0.267 e. The molecule has 3 heteroatoms. The maximum atomic E-state index is 11.2. The lowest BCUT2D eigenvalue weighted by Crippen LogP contribution is -2.15. The summed E-state index contributed by atoms with van der Waals surface area (Å²) in [6.07, 6.45) is 0. The number of rotatable bonds is 1. The molecule has 0 spiro atoms. The number of nitrogens with zero attached hydrogens (tertiary/aromatic N) is 1. The molecular weight excluding hydrogens is 188 g/mol. The molecule has 2 aromatic rings. The molecule has 0 aliphatic heterocycles. The molecule has 0 fully saturated rings. The number of hydrogen-bond donors (Lipinski definition) is 1. The van der Waals surface area contributed by atoms with Crippen LogP contribution in [0.15, 0.2) is 24.3 Å². The van der Waals surface area contributed by atoms with Gasteiger partial charge >= 0.3 is 0 Å². The highest BCUT2D eigenvalue weighted by Gasteiger charge is 2.11. The Morgan fingerprint density at radius 2 is 1.80 bits per heavy atom. The summed E-state index contributed by atoms with van der Waals surface area (Å²) >= 11 is 0. The maximum Gasteiger partial charge on any atom is 0.267 e. The normalized spacial score (nSPS) is 10.5. The predicted molar refractivity (Wildman–Crippen MR) is 59.7 cm³/mol. The van der Waals surface area contributed by atoms with Gasteiger partial charge in [-0.25, -0.2) is 4.98 Å². The van der Waals surface area contributed by atoms with Crippen LogP contribution in [0.1, 0.15) is 21.7 Å². The van der Waals surface area contributed by atoms with Crippen LogP contribution in [-0.4, -0.2) is 10.9 Å². The van der Waals surface area contributed by atoms with Gasteiger partial charge in [-0.2, -0.15) is 0 Å². The summed E-state index contributed by atoms with van der Waals surface area (Å²) in [5.41, 5.74) is 7.33. The zero-order valence-corrected chi connectivity index (χ0v) is 8.74. The Morgan fingerprint density at radius 1 is 1.20 bits per heavy atom. The van der Waals surface area contributed by atoms with Crippen LogP contribution >= 0.6 is 0 Å². The van der Waals surface area contributed by atoms with Gasteiger partial charge in [0.15, 0.2) is 0 Å².